The predicted molar refractivity (Wildman–Crippen MR) is 152 cm³/mol. The van der Waals surface area contributed by atoms with E-state index in [1.54, 1.807) is 6.08 Å². The van der Waals surface area contributed by atoms with Gasteiger partial charge in [-0.05, 0) is 41.1 Å². The number of thiocarbonyl (C=S) groups is 1. The molecule has 2 N–H and O–H groups in total. The van der Waals surface area contributed by atoms with E-state index in [0.717, 1.165) is 29.3 Å². The Kier molecular flexibility index (Phi) is 15.0. The van der Waals surface area contributed by atoms with Crippen LogP contribution in [-0.2, 0) is 4.79 Å². The van der Waals surface area contributed by atoms with Gasteiger partial charge in [0, 0.05) is 12.6 Å². The SMILES string of the molecule is CCCCCCCCCCCCCCCCNC(=S)NC(=O)/C=C/c1cccc2ccccc12. The van der Waals surface area contributed by atoms with E-state index in [0.29, 0.717) is 5.11 Å². The van der Waals surface area contributed by atoms with Gasteiger partial charge in [0.1, 0.15) is 0 Å². The quantitative estimate of drug-likeness (QED) is 0.136. The van der Waals surface area contributed by atoms with Gasteiger partial charge in [-0.15, -0.1) is 0 Å². The summed E-state index contributed by atoms with van der Waals surface area (Å²) < 4.78 is 0. The Morgan fingerprint density at radius 2 is 1.32 bits per heavy atom. The molecule has 0 aromatic heterocycles. The first-order chi connectivity index (χ1) is 16.7. The van der Waals surface area contributed by atoms with Crippen LogP contribution in [0.25, 0.3) is 16.8 Å². The van der Waals surface area contributed by atoms with Crippen molar-refractivity contribution >= 4 is 40.1 Å². The van der Waals surface area contributed by atoms with Crippen molar-refractivity contribution in [2.45, 2.75) is 96.8 Å². The molecule has 0 fully saturated rings. The molecular weight excluding hydrogens is 436 g/mol. The number of unbranched alkanes of at least 4 members (excludes halogenated alkanes) is 13. The zero-order valence-electron chi connectivity index (χ0n) is 21.1. The summed E-state index contributed by atoms with van der Waals surface area (Å²) in [5.41, 5.74) is 1.02. The summed E-state index contributed by atoms with van der Waals surface area (Å²) in [6.45, 7) is 3.09. The van der Waals surface area contributed by atoms with Gasteiger partial charge in [-0.25, -0.2) is 0 Å². The van der Waals surface area contributed by atoms with Crippen LogP contribution < -0.4 is 10.6 Å². The van der Waals surface area contributed by atoms with Crippen LogP contribution in [0.1, 0.15) is 102 Å². The largest absolute Gasteiger partial charge is 0.362 e. The minimum Gasteiger partial charge on any atom is -0.362 e. The van der Waals surface area contributed by atoms with Crippen molar-refractivity contribution in [3.63, 3.8) is 0 Å². The van der Waals surface area contributed by atoms with Crippen LogP contribution in [0, 0.1) is 0 Å². The third-order valence-electron chi connectivity index (χ3n) is 6.29. The van der Waals surface area contributed by atoms with Crippen LogP contribution in [0.15, 0.2) is 48.5 Å². The molecule has 2 aromatic carbocycles. The Balaban J connectivity index is 1.45. The Hall–Kier alpha value is -2.20. The van der Waals surface area contributed by atoms with E-state index >= 15 is 0 Å². The van der Waals surface area contributed by atoms with Crippen LogP contribution in [0.5, 0.6) is 0 Å². The maximum absolute atomic E-state index is 12.2. The van der Waals surface area contributed by atoms with Crippen LogP contribution in [0.3, 0.4) is 0 Å². The van der Waals surface area contributed by atoms with Crippen molar-refractivity contribution in [2.24, 2.45) is 0 Å². The Labute approximate surface area is 212 Å². The molecule has 0 saturated carbocycles. The van der Waals surface area contributed by atoms with Crippen molar-refractivity contribution in [1.29, 1.82) is 0 Å². The number of amides is 1. The number of benzene rings is 2. The molecule has 0 aliphatic heterocycles. The van der Waals surface area contributed by atoms with Gasteiger partial charge in [-0.3, -0.25) is 10.1 Å². The van der Waals surface area contributed by atoms with Gasteiger partial charge in [-0.1, -0.05) is 133 Å². The van der Waals surface area contributed by atoms with Gasteiger partial charge in [0.25, 0.3) is 0 Å². The number of hydrogen-bond acceptors (Lipinski definition) is 2. The summed E-state index contributed by atoms with van der Waals surface area (Å²) >= 11 is 5.26. The van der Waals surface area contributed by atoms with Crippen LogP contribution in [0.4, 0.5) is 0 Å². The maximum Gasteiger partial charge on any atom is 0.250 e. The molecule has 186 valence electrons. The highest BCUT2D eigenvalue weighted by molar-refractivity contribution is 7.80. The lowest BCUT2D eigenvalue weighted by molar-refractivity contribution is -0.115. The highest BCUT2D eigenvalue weighted by atomic mass is 32.1. The highest BCUT2D eigenvalue weighted by Gasteiger charge is 2.02. The monoisotopic (exact) mass is 480 g/mol. The third kappa shape index (κ3) is 12.3. The van der Waals surface area contributed by atoms with Crippen molar-refractivity contribution in [1.82, 2.24) is 10.6 Å². The Morgan fingerprint density at radius 1 is 0.765 bits per heavy atom. The van der Waals surface area contributed by atoms with E-state index < -0.39 is 0 Å². The second-order valence-corrected chi connectivity index (χ2v) is 9.65. The summed E-state index contributed by atoms with van der Waals surface area (Å²) in [5, 5.41) is 8.59. The molecule has 0 bridgehead atoms. The minimum absolute atomic E-state index is 0.202. The van der Waals surface area contributed by atoms with Gasteiger partial charge in [0.15, 0.2) is 5.11 Å². The smallest absolute Gasteiger partial charge is 0.250 e. The van der Waals surface area contributed by atoms with Crippen molar-refractivity contribution in [3.8, 4) is 0 Å². The summed E-state index contributed by atoms with van der Waals surface area (Å²) in [6, 6.07) is 14.3. The number of nitrogens with one attached hydrogen (secondary N) is 2. The van der Waals surface area contributed by atoms with E-state index in [9.17, 15) is 4.79 Å². The molecule has 0 aliphatic rings. The average molecular weight is 481 g/mol. The molecule has 0 aliphatic carbocycles. The molecule has 3 nitrogen and oxygen atoms in total. The molecule has 0 heterocycles. The number of fused-ring (bicyclic) bond motifs is 1. The molecule has 0 spiro atoms. The number of hydrogen-bond donors (Lipinski definition) is 2. The second-order valence-electron chi connectivity index (χ2n) is 9.24. The highest BCUT2D eigenvalue weighted by Crippen LogP contribution is 2.19. The zero-order chi connectivity index (χ0) is 24.3. The Morgan fingerprint density at radius 3 is 1.97 bits per heavy atom. The number of carbonyl (C=O) groups is 1. The van der Waals surface area contributed by atoms with Gasteiger partial charge >= 0.3 is 0 Å². The summed E-state index contributed by atoms with van der Waals surface area (Å²) in [6.07, 6.45) is 22.3. The molecular formula is C30H44N2OS. The van der Waals surface area contributed by atoms with E-state index in [2.05, 4.69) is 35.8 Å². The van der Waals surface area contributed by atoms with Crippen molar-refractivity contribution in [3.05, 3.63) is 54.1 Å². The maximum atomic E-state index is 12.2. The lowest BCUT2D eigenvalue weighted by Gasteiger charge is -2.08. The van der Waals surface area contributed by atoms with Crippen LogP contribution >= 0.6 is 12.2 Å². The fraction of sp³-hybridized carbons (Fsp3) is 0.533. The van der Waals surface area contributed by atoms with Gasteiger partial charge in [0.05, 0.1) is 0 Å². The van der Waals surface area contributed by atoms with E-state index in [1.807, 2.05) is 30.3 Å². The summed E-state index contributed by atoms with van der Waals surface area (Å²) in [7, 11) is 0. The van der Waals surface area contributed by atoms with Crippen molar-refractivity contribution < 1.29 is 4.79 Å². The fourth-order valence-corrected chi connectivity index (χ4v) is 4.48. The molecule has 0 saturated heterocycles. The van der Waals surface area contributed by atoms with Gasteiger partial charge in [0.2, 0.25) is 5.91 Å². The first-order valence-corrected chi connectivity index (χ1v) is 13.9. The second kappa shape index (κ2) is 18.2. The molecule has 34 heavy (non-hydrogen) atoms. The first-order valence-electron chi connectivity index (χ1n) is 13.5. The van der Waals surface area contributed by atoms with Gasteiger partial charge < -0.3 is 5.32 Å². The number of carbonyl (C=O) groups excluding carboxylic acids is 1. The normalized spacial score (nSPS) is 11.2. The first kappa shape index (κ1) is 28.0. The van der Waals surface area contributed by atoms with Crippen LogP contribution in [-0.4, -0.2) is 17.6 Å². The fourth-order valence-electron chi connectivity index (χ4n) is 4.28. The predicted octanol–water partition coefficient (Wildman–Crippen LogP) is 8.33. The average Bonchev–Trinajstić information content (AvgIpc) is 2.85. The lowest BCUT2D eigenvalue weighted by atomic mass is 10.0. The standard InChI is InChI=1S/C30H44N2OS/c1-2-3-4-5-6-7-8-9-10-11-12-13-14-17-25-31-30(34)32-29(33)24-23-27-21-18-20-26-19-15-16-22-28(26)27/h15-16,18-24H,2-14,17,25H2,1H3,(H2,31,32,33,34)/b24-23+. The van der Waals surface area contributed by atoms with E-state index in [4.69, 9.17) is 12.2 Å². The molecule has 2 aromatic rings. The zero-order valence-corrected chi connectivity index (χ0v) is 21.9. The minimum atomic E-state index is -0.202. The Bertz CT molecular complexity index is 872. The lowest BCUT2D eigenvalue weighted by Crippen LogP contribution is -2.38. The molecule has 4 heteroatoms. The van der Waals surface area contributed by atoms with Crippen LogP contribution in [0.2, 0.25) is 0 Å². The molecule has 0 atom stereocenters. The van der Waals surface area contributed by atoms with Crippen molar-refractivity contribution in [2.75, 3.05) is 6.54 Å². The molecule has 1 amide bonds. The van der Waals surface area contributed by atoms with E-state index in [-0.39, 0.29) is 5.91 Å². The molecule has 2 rings (SSSR count). The van der Waals surface area contributed by atoms with E-state index in [1.165, 1.54) is 83.5 Å². The summed E-state index contributed by atoms with van der Waals surface area (Å²) in [5.74, 6) is -0.202. The van der Waals surface area contributed by atoms with Gasteiger partial charge in [-0.2, -0.15) is 0 Å². The number of rotatable bonds is 17. The molecule has 0 unspecified atom stereocenters. The molecule has 0 radical (unpaired) electrons. The third-order valence-corrected chi connectivity index (χ3v) is 6.54. The summed E-state index contributed by atoms with van der Waals surface area (Å²) in [4.78, 5) is 12.2. The topological polar surface area (TPSA) is 41.1 Å².